The maximum atomic E-state index is 13.5. The number of piperazine rings is 1. The normalized spacial score (nSPS) is 16.4. The van der Waals surface area contributed by atoms with Crippen molar-refractivity contribution in [1.82, 2.24) is 4.90 Å². The fourth-order valence-corrected chi connectivity index (χ4v) is 3.83. The second-order valence-corrected chi connectivity index (χ2v) is 7.43. The maximum absolute atomic E-state index is 13.5. The zero-order valence-electron chi connectivity index (χ0n) is 17.3. The summed E-state index contributed by atoms with van der Waals surface area (Å²) < 4.78 is 63.1. The second kappa shape index (κ2) is 9.12. The van der Waals surface area contributed by atoms with Crippen molar-refractivity contribution in [3.8, 4) is 11.5 Å². The predicted octanol–water partition coefficient (Wildman–Crippen LogP) is 4.61. The number of anilines is 1. The number of ether oxygens (including phenoxy) is 2. The Kier molecular flexibility index (Phi) is 6.75. The van der Waals surface area contributed by atoms with Gasteiger partial charge in [-0.15, -0.1) is 0 Å². The molecule has 0 bridgehead atoms. The van der Waals surface area contributed by atoms with Gasteiger partial charge in [0.2, 0.25) is 0 Å². The molecule has 8 heteroatoms. The van der Waals surface area contributed by atoms with Crippen molar-refractivity contribution >= 4 is 5.69 Å². The van der Waals surface area contributed by atoms with Gasteiger partial charge in [0, 0.05) is 37.9 Å². The van der Waals surface area contributed by atoms with E-state index in [2.05, 4.69) is 11.8 Å². The SMILES string of the molecule is COc1ccc(CC(C)N2CCN(c3ccc(F)c(C(F)(F)F)c3)CC2)cc1OC. The van der Waals surface area contributed by atoms with Gasteiger partial charge in [0.05, 0.1) is 19.8 Å². The molecule has 1 fully saturated rings. The zero-order valence-corrected chi connectivity index (χ0v) is 17.3. The second-order valence-electron chi connectivity index (χ2n) is 7.43. The molecule has 2 aromatic rings. The standard InChI is InChI=1S/C22H26F4N2O2/c1-15(12-16-4-7-20(29-2)21(13-16)30-3)27-8-10-28(11-9-27)17-5-6-19(23)18(14-17)22(24,25)26/h4-7,13-15H,8-12H2,1-3H3. The number of benzene rings is 2. The summed E-state index contributed by atoms with van der Waals surface area (Å²) in [4.78, 5) is 4.18. The Hall–Kier alpha value is -2.48. The van der Waals surface area contributed by atoms with E-state index in [0.29, 0.717) is 43.4 Å². The first-order chi connectivity index (χ1) is 14.2. The number of nitrogens with zero attached hydrogens (tertiary/aromatic N) is 2. The van der Waals surface area contributed by atoms with Crippen LogP contribution >= 0.6 is 0 Å². The van der Waals surface area contributed by atoms with Gasteiger partial charge in [-0.3, -0.25) is 4.90 Å². The monoisotopic (exact) mass is 426 g/mol. The molecule has 1 aliphatic rings. The Morgan fingerprint density at radius 1 is 0.933 bits per heavy atom. The lowest BCUT2D eigenvalue weighted by molar-refractivity contribution is -0.139. The van der Waals surface area contributed by atoms with Crippen molar-refractivity contribution in [2.75, 3.05) is 45.3 Å². The minimum Gasteiger partial charge on any atom is -0.493 e. The van der Waals surface area contributed by atoms with Gasteiger partial charge in [0.15, 0.2) is 11.5 Å². The van der Waals surface area contributed by atoms with E-state index >= 15 is 0 Å². The highest BCUT2D eigenvalue weighted by Gasteiger charge is 2.35. The van der Waals surface area contributed by atoms with Crippen LogP contribution in [0.4, 0.5) is 23.2 Å². The summed E-state index contributed by atoms with van der Waals surface area (Å²) in [5, 5.41) is 0. The lowest BCUT2D eigenvalue weighted by Crippen LogP contribution is -2.50. The van der Waals surface area contributed by atoms with E-state index in [1.54, 1.807) is 14.2 Å². The van der Waals surface area contributed by atoms with Gasteiger partial charge >= 0.3 is 6.18 Å². The molecule has 0 aliphatic carbocycles. The summed E-state index contributed by atoms with van der Waals surface area (Å²) in [6, 6.07) is 9.30. The highest BCUT2D eigenvalue weighted by molar-refractivity contribution is 5.50. The van der Waals surface area contributed by atoms with Gasteiger partial charge in [-0.1, -0.05) is 6.07 Å². The number of rotatable bonds is 6. The molecule has 1 atom stereocenters. The summed E-state index contributed by atoms with van der Waals surface area (Å²) in [6.07, 6.45) is -3.88. The molecular formula is C22H26F4N2O2. The molecule has 0 spiro atoms. The van der Waals surface area contributed by atoms with Crippen LogP contribution in [0, 0.1) is 5.82 Å². The number of halogens is 4. The maximum Gasteiger partial charge on any atom is 0.419 e. The van der Waals surface area contributed by atoms with Crippen molar-refractivity contribution in [3.63, 3.8) is 0 Å². The van der Waals surface area contributed by atoms with Crippen molar-refractivity contribution in [1.29, 1.82) is 0 Å². The average Bonchev–Trinajstić information content (AvgIpc) is 2.73. The molecular weight excluding hydrogens is 400 g/mol. The smallest absolute Gasteiger partial charge is 0.419 e. The molecule has 0 N–H and O–H groups in total. The first-order valence-corrected chi connectivity index (χ1v) is 9.79. The molecule has 0 saturated carbocycles. The number of hydrogen-bond acceptors (Lipinski definition) is 4. The third-order valence-corrected chi connectivity index (χ3v) is 5.54. The van der Waals surface area contributed by atoms with E-state index in [4.69, 9.17) is 9.47 Å². The molecule has 2 aromatic carbocycles. The van der Waals surface area contributed by atoms with Crippen LogP contribution in [0.5, 0.6) is 11.5 Å². The van der Waals surface area contributed by atoms with Gasteiger partial charge < -0.3 is 14.4 Å². The Morgan fingerprint density at radius 3 is 2.20 bits per heavy atom. The highest BCUT2D eigenvalue weighted by atomic mass is 19.4. The summed E-state index contributed by atoms with van der Waals surface area (Å²) in [7, 11) is 3.20. The molecule has 164 valence electrons. The van der Waals surface area contributed by atoms with Crippen LogP contribution in [0.3, 0.4) is 0 Å². The third kappa shape index (κ3) is 4.98. The topological polar surface area (TPSA) is 24.9 Å². The molecule has 1 aliphatic heterocycles. The Labute approximate surface area is 174 Å². The summed E-state index contributed by atoms with van der Waals surface area (Å²) in [5.74, 6) is 0.122. The Bertz CT molecular complexity index is 865. The van der Waals surface area contributed by atoms with Crippen LogP contribution in [-0.4, -0.2) is 51.3 Å². The van der Waals surface area contributed by atoms with E-state index in [9.17, 15) is 17.6 Å². The minimum absolute atomic E-state index is 0.254. The van der Waals surface area contributed by atoms with Crippen molar-refractivity contribution in [3.05, 3.63) is 53.3 Å². The summed E-state index contributed by atoms with van der Waals surface area (Å²) >= 11 is 0. The molecule has 0 radical (unpaired) electrons. The fourth-order valence-electron chi connectivity index (χ4n) is 3.83. The van der Waals surface area contributed by atoms with Gasteiger partial charge in [-0.2, -0.15) is 13.2 Å². The van der Waals surface area contributed by atoms with Crippen LogP contribution in [0.1, 0.15) is 18.1 Å². The van der Waals surface area contributed by atoms with Gasteiger partial charge in [0.25, 0.3) is 0 Å². The predicted molar refractivity (Wildman–Crippen MR) is 108 cm³/mol. The molecule has 0 amide bonds. The van der Waals surface area contributed by atoms with E-state index in [1.165, 1.54) is 6.07 Å². The molecule has 0 aromatic heterocycles. The number of hydrogen-bond donors (Lipinski definition) is 0. The fraction of sp³-hybridized carbons (Fsp3) is 0.455. The molecule has 30 heavy (non-hydrogen) atoms. The highest BCUT2D eigenvalue weighted by Crippen LogP contribution is 2.34. The summed E-state index contributed by atoms with van der Waals surface area (Å²) in [6.45, 7) is 4.73. The molecule has 4 nitrogen and oxygen atoms in total. The average molecular weight is 426 g/mol. The van der Waals surface area contributed by atoms with Crippen LogP contribution in [-0.2, 0) is 12.6 Å². The van der Waals surface area contributed by atoms with Gasteiger partial charge in [-0.25, -0.2) is 4.39 Å². The first kappa shape index (κ1) is 22.2. The lowest BCUT2D eigenvalue weighted by atomic mass is 10.0. The van der Waals surface area contributed by atoms with E-state index in [0.717, 1.165) is 24.1 Å². The largest absolute Gasteiger partial charge is 0.493 e. The minimum atomic E-state index is -4.70. The summed E-state index contributed by atoms with van der Waals surface area (Å²) in [5.41, 5.74) is 0.302. The van der Waals surface area contributed by atoms with E-state index in [-0.39, 0.29) is 6.04 Å². The molecule has 1 heterocycles. The van der Waals surface area contributed by atoms with Crippen molar-refractivity contribution < 1.29 is 27.0 Å². The first-order valence-electron chi connectivity index (χ1n) is 9.79. The van der Waals surface area contributed by atoms with Crippen LogP contribution < -0.4 is 14.4 Å². The third-order valence-electron chi connectivity index (χ3n) is 5.54. The van der Waals surface area contributed by atoms with Crippen LogP contribution in [0.2, 0.25) is 0 Å². The Morgan fingerprint density at radius 2 is 1.60 bits per heavy atom. The quantitative estimate of drug-likeness (QED) is 0.630. The van der Waals surface area contributed by atoms with Crippen LogP contribution in [0.15, 0.2) is 36.4 Å². The molecule has 1 saturated heterocycles. The van der Waals surface area contributed by atoms with Crippen LogP contribution in [0.25, 0.3) is 0 Å². The van der Waals surface area contributed by atoms with Gasteiger partial charge in [0.1, 0.15) is 5.82 Å². The van der Waals surface area contributed by atoms with Crippen molar-refractivity contribution in [2.45, 2.75) is 25.6 Å². The number of methoxy groups -OCH3 is 2. The number of alkyl halides is 3. The van der Waals surface area contributed by atoms with Gasteiger partial charge in [-0.05, 0) is 49.2 Å². The molecule has 1 unspecified atom stereocenters. The van der Waals surface area contributed by atoms with E-state index in [1.807, 2.05) is 23.1 Å². The zero-order chi connectivity index (χ0) is 21.9. The van der Waals surface area contributed by atoms with Crippen molar-refractivity contribution in [2.24, 2.45) is 0 Å². The lowest BCUT2D eigenvalue weighted by Gasteiger charge is -2.39. The Balaban J connectivity index is 1.62. The molecule has 3 rings (SSSR count). The van der Waals surface area contributed by atoms with E-state index < -0.39 is 17.6 Å².